The molecule has 0 saturated carbocycles. The summed E-state index contributed by atoms with van der Waals surface area (Å²) in [5.41, 5.74) is 6.73. The number of carboxylic acid groups (broad SMARTS) is 1. The molecule has 1 rings (SSSR count). The second-order valence-corrected chi connectivity index (χ2v) is 4.56. The van der Waals surface area contributed by atoms with Crippen LogP contribution in [-0.2, 0) is 4.79 Å². The highest BCUT2D eigenvalue weighted by molar-refractivity contribution is 7.99. The molecule has 16 heavy (non-hydrogen) atoms. The number of aliphatic carboxylic acids is 1. The number of carbonyl (C=O) groups is 1. The van der Waals surface area contributed by atoms with Crippen molar-refractivity contribution < 1.29 is 9.90 Å². The first-order valence-corrected chi connectivity index (χ1v) is 6.01. The Morgan fingerprint density at radius 2 is 2.12 bits per heavy atom. The summed E-state index contributed by atoms with van der Waals surface area (Å²) in [6.45, 7) is 2.10. The molecule has 3 N–H and O–H groups in total. The quantitative estimate of drug-likeness (QED) is 0.610. The minimum absolute atomic E-state index is 0.364. The van der Waals surface area contributed by atoms with Crippen LogP contribution in [0.25, 0.3) is 0 Å². The fourth-order valence-electron chi connectivity index (χ4n) is 1.25. The van der Waals surface area contributed by atoms with Crippen LogP contribution in [0.4, 0.5) is 0 Å². The molecule has 0 radical (unpaired) electrons. The van der Waals surface area contributed by atoms with Gasteiger partial charge in [-0.25, -0.2) is 4.79 Å². The van der Waals surface area contributed by atoms with Crippen molar-refractivity contribution >= 4 is 17.7 Å². The van der Waals surface area contributed by atoms with Crippen LogP contribution in [0.5, 0.6) is 0 Å². The first-order valence-electron chi connectivity index (χ1n) is 5.03. The van der Waals surface area contributed by atoms with Crippen molar-refractivity contribution in [1.82, 2.24) is 0 Å². The standard InChI is InChI=1S/C12H15NO2S/c1-2-16-10-5-3-9(4-6-10)11(13)7-8-12(14)15/h3-8,11H,2,13H2,1H3,(H,14,15)/b8-7+. The van der Waals surface area contributed by atoms with Gasteiger partial charge in [-0.3, -0.25) is 0 Å². The van der Waals surface area contributed by atoms with E-state index in [2.05, 4.69) is 6.92 Å². The van der Waals surface area contributed by atoms with Crippen molar-refractivity contribution in [2.45, 2.75) is 17.9 Å². The van der Waals surface area contributed by atoms with Gasteiger partial charge >= 0.3 is 5.97 Å². The van der Waals surface area contributed by atoms with Gasteiger partial charge < -0.3 is 10.8 Å². The molecule has 0 aromatic heterocycles. The molecule has 0 aliphatic rings. The average molecular weight is 237 g/mol. The molecule has 86 valence electrons. The average Bonchev–Trinajstić information content (AvgIpc) is 2.27. The molecule has 1 aromatic carbocycles. The van der Waals surface area contributed by atoms with E-state index in [0.717, 1.165) is 17.4 Å². The van der Waals surface area contributed by atoms with Gasteiger partial charge in [-0.15, -0.1) is 11.8 Å². The van der Waals surface area contributed by atoms with E-state index in [0.29, 0.717) is 0 Å². The van der Waals surface area contributed by atoms with Gasteiger partial charge in [0.25, 0.3) is 0 Å². The number of benzene rings is 1. The number of rotatable bonds is 5. The van der Waals surface area contributed by atoms with Crippen LogP contribution in [-0.4, -0.2) is 16.8 Å². The van der Waals surface area contributed by atoms with E-state index in [-0.39, 0.29) is 6.04 Å². The van der Waals surface area contributed by atoms with Crippen molar-refractivity contribution in [1.29, 1.82) is 0 Å². The van der Waals surface area contributed by atoms with Crippen LogP contribution in [0.3, 0.4) is 0 Å². The predicted molar refractivity (Wildman–Crippen MR) is 66.5 cm³/mol. The molecule has 1 aromatic rings. The third-order valence-corrected chi connectivity index (χ3v) is 2.92. The Bertz CT molecular complexity index is 373. The van der Waals surface area contributed by atoms with Crippen molar-refractivity contribution in [3.05, 3.63) is 42.0 Å². The fourth-order valence-corrected chi connectivity index (χ4v) is 1.91. The Labute approximate surface area is 99.4 Å². The highest BCUT2D eigenvalue weighted by Gasteiger charge is 2.02. The maximum Gasteiger partial charge on any atom is 0.328 e. The highest BCUT2D eigenvalue weighted by atomic mass is 32.2. The Kier molecular flexibility index (Phi) is 5.08. The summed E-state index contributed by atoms with van der Waals surface area (Å²) in [4.78, 5) is 11.5. The number of hydrogen-bond donors (Lipinski definition) is 2. The summed E-state index contributed by atoms with van der Waals surface area (Å²) >= 11 is 1.76. The third kappa shape index (κ3) is 4.08. The van der Waals surface area contributed by atoms with Gasteiger partial charge in [0.1, 0.15) is 0 Å². The smallest absolute Gasteiger partial charge is 0.328 e. The monoisotopic (exact) mass is 237 g/mol. The number of thioether (sulfide) groups is 1. The van der Waals surface area contributed by atoms with Crippen LogP contribution in [0, 0.1) is 0 Å². The SMILES string of the molecule is CCSc1ccc(C(N)/C=C/C(=O)O)cc1. The molecule has 0 bridgehead atoms. The van der Waals surface area contributed by atoms with Gasteiger partial charge in [0, 0.05) is 17.0 Å². The highest BCUT2D eigenvalue weighted by Crippen LogP contribution is 2.20. The predicted octanol–water partition coefficient (Wildman–Crippen LogP) is 2.44. The molecule has 4 heteroatoms. The Hall–Kier alpha value is -1.26. The third-order valence-electron chi connectivity index (χ3n) is 2.02. The van der Waals surface area contributed by atoms with E-state index in [1.807, 2.05) is 24.3 Å². The summed E-state index contributed by atoms with van der Waals surface area (Å²) in [5, 5.41) is 8.48. The van der Waals surface area contributed by atoms with E-state index in [1.165, 1.54) is 11.0 Å². The lowest BCUT2D eigenvalue weighted by molar-refractivity contribution is -0.131. The number of nitrogens with two attached hydrogens (primary N) is 1. The zero-order valence-corrected chi connectivity index (χ0v) is 9.91. The molecular weight excluding hydrogens is 222 g/mol. The number of hydrogen-bond acceptors (Lipinski definition) is 3. The molecule has 3 nitrogen and oxygen atoms in total. The first-order chi connectivity index (χ1) is 7.63. The van der Waals surface area contributed by atoms with Gasteiger partial charge in [0.15, 0.2) is 0 Å². The molecule has 0 saturated heterocycles. The second-order valence-electron chi connectivity index (χ2n) is 3.23. The lowest BCUT2D eigenvalue weighted by atomic mass is 10.1. The topological polar surface area (TPSA) is 63.3 Å². The molecular formula is C12H15NO2S. The molecule has 1 atom stereocenters. The minimum atomic E-state index is -0.978. The Morgan fingerprint density at radius 1 is 1.50 bits per heavy atom. The number of carboxylic acids is 1. The van der Waals surface area contributed by atoms with Crippen LogP contribution >= 0.6 is 11.8 Å². The Balaban J connectivity index is 2.69. The second kappa shape index (κ2) is 6.35. The summed E-state index contributed by atoms with van der Waals surface area (Å²) in [6.07, 6.45) is 2.55. The van der Waals surface area contributed by atoms with Crippen molar-refractivity contribution in [3.8, 4) is 0 Å². The Morgan fingerprint density at radius 3 is 2.62 bits per heavy atom. The van der Waals surface area contributed by atoms with Gasteiger partial charge in [0.2, 0.25) is 0 Å². The van der Waals surface area contributed by atoms with E-state index in [4.69, 9.17) is 10.8 Å². The largest absolute Gasteiger partial charge is 0.478 e. The summed E-state index contributed by atoms with van der Waals surface area (Å²) in [7, 11) is 0. The van der Waals surface area contributed by atoms with Gasteiger partial charge in [-0.2, -0.15) is 0 Å². The zero-order chi connectivity index (χ0) is 12.0. The summed E-state index contributed by atoms with van der Waals surface area (Å²) < 4.78 is 0. The summed E-state index contributed by atoms with van der Waals surface area (Å²) in [6, 6.07) is 7.48. The molecule has 0 heterocycles. The van der Waals surface area contributed by atoms with Crippen molar-refractivity contribution in [2.75, 3.05) is 5.75 Å². The van der Waals surface area contributed by atoms with Crippen molar-refractivity contribution in [3.63, 3.8) is 0 Å². The van der Waals surface area contributed by atoms with Crippen LogP contribution < -0.4 is 5.73 Å². The first kappa shape index (κ1) is 12.8. The molecule has 0 spiro atoms. The van der Waals surface area contributed by atoms with E-state index < -0.39 is 5.97 Å². The minimum Gasteiger partial charge on any atom is -0.478 e. The van der Waals surface area contributed by atoms with Gasteiger partial charge in [0.05, 0.1) is 0 Å². The lowest BCUT2D eigenvalue weighted by Crippen LogP contribution is -2.07. The van der Waals surface area contributed by atoms with E-state index in [1.54, 1.807) is 11.8 Å². The van der Waals surface area contributed by atoms with E-state index >= 15 is 0 Å². The fraction of sp³-hybridized carbons (Fsp3) is 0.250. The van der Waals surface area contributed by atoms with Gasteiger partial charge in [-0.05, 0) is 23.4 Å². The maximum absolute atomic E-state index is 10.3. The van der Waals surface area contributed by atoms with E-state index in [9.17, 15) is 4.79 Å². The van der Waals surface area contributed by atoms with Crippen LogP contribution in [0.1, 0.15) is 18.5 Å². The lowest BCUT2D eigenvalue weighted by Gasteiger charge is -2.07. The molecule has 0 amide bonds. The molecule has 0 fully saturated rings. The van der Waals surface area contributed by atoms with Crippen LogP contribution in [0.15, 0.2) is 41.3 Å². The summed E-state index contributed by atoms with van der Waals surface area (Å²) in [5.74, 6) is 0.0539. The van der Waals surface area contributed by atoms with Crippen LogP contribution in [0.2, 0.25) is 0 Å². The van der Waals surface area contributed by atoms with Gasteiger partial charge in [-0.1, -0.05) is 25.1 Å². The normalized spacial score (nSPS) is 12.9. The molecule has 1 unspecified atom stereocenters. The maximum atomic E-state index is 10.3. The molecule has 0 aliphatic heterocycles. The molecule has 0 aliphatic carbocycles. The van der Waals surface area contributed by atoms with Crippen molar-refractivity contribution in [2.24, 2.45) is 5.73 Å². The zero-order valence-electron chi connectivity index (χ0n) is 9.09.